The summed E-state index contributed by atoms with van der Waals surface area (Å²) in [7, 11) is -2.54. The van der Waals surface area contributed by atoms with Gasteiger partial charge in [0.25, 0.3) is 5.91 Å². The number of hydrogen-bond donors (Lipinski definition) is 1. The van der Waals surface area contributed by atoms with E-state index in [9.17, 15) is 18.0 Å². The number of anilines is 1. The van der Waals surface area contributed by atoms with Gasteiger partial charge >= 0.3 is 5.97 Å². The molecule has 1 fully saturated rings. The SMILES string of the molecule is COC(=O)c1ccccc1C(=O)Nc1cc(S(=O)(=O)N2CCOCC2)ccc1Cl. The Hall–Kier alpha value is -2.46. The normalized spacial score (nSPS) is 15.0. The molecular formula is C19H19ClN2O6S. The van der Waals surface area contributed by atoms with Crippen molar-refractivity contribution < 1.29 is 27.5 Å². The number of benzene rings is 2. The van der Waals surface area contributed by atoms with E-state index in [1.54, 1.807) is 12.1 Å². The standard InChI is InChI=1S/C19H19ClN2O6S/c1-27-19(24)15-5-3-2-4-14(15)18(23)21-17-12-13(6-7-16(17)20)29(25,26)22-8-10-28-11-9-22/h2-7,12H,8-11H2,1H3,(H,21,23). The highest BCUT2D eigenvalue weighted by atomic mass is 35.5. The van der Waals surface area contributed by atoms with E-state index < -0.39 is 21.9 Å². The minimum atomic E-state index is -3.76. The van der Waals surface area contributed by atoms with Crippen LogP contribution in [0, 0.1) is 0 Å². The summed E-state index contributed by atoms with van der Waals surface area (Å²) in [6.07, 6.45) is 0. The number of carbonyl (C=O) groups excluding carboxylic acids is 2. The van der Waals surface area contributed by atoms with Gasteiger partial charge in [-0.1, -0.05) is 23.7 Å². The lowest BCUT2D eigenvalue weighted by Crippen LogP contribution is -2.40. The maximum Gasteiger partial charge on any atom is 0.338 e. The first-order valence-corrected chi connectivity index (χ1v) is 10.5. The molecule has 29 heavy (non-hydrogen) atoms. The highest BCUT2D eigenvalue weighted by Gasteiger charge is 2.27. The van der Waals surface area contributed by atoms with Crippen molar-refractivity contribution in [3.8, 4) is 0 Å². The topological polar surface area (TPSA) is 102 Å². The third-order valence-corrected chi connectivity index (χ3v) is 6.60. The van der Waals surface area contributed by atoms with Crippen LogP contribution >= 0.6 is 11.6 Å². The van der Waals surface area contributed by atoms with Gasteiger partial charge in [0.05, 0.1) is 47.1 Å². The average molecular weight is 439 g/mol. The Balaban J connectivity index is 1.90. The molecule has 0 spiro atoms. The number of nitrogens with zero attached hydrogens (tertiary/aromatic N) is 1. The second-order valence-corrected chi connectivity index (χ2v) is 8.49. The fourth-order valence-electron chi connectivity index (χ4n) is 2.86. The molecule has 0 atom stereocenters. The first-order chi connectivity index (χ1) is 13.8. The van der Waals surface area contributed by atoms with Gasteiger partial charge in [-0.15, -0.1) is 0 Å². The van der Waals surface area contributed by atoms with Crippen LogP contribution in [-0.2, 0) is 19.5 Å². The summed E-state index contributed by atoms with van der Waals surface area (Å²) in [5.74, 6) is -1.28. The van der Waals surface area contributed by atoms with Gasteiger partial charge in [0.2, 0.25) is 10.0 Å². The quantitative estimate of drug-likeness (QED) is 0.719. The van der Waals surface area contributed by atoms with E-state index in [0.717, 1.165) is 0 Å². The molecule has 1 N–H and O–H groups in total. The Labute approximate surface area is 173 Å². The van der Waals surface area contributed by atoms with Gasteiger partial charge in [-0.2, -0.15) is 4.31 Å². The van der Waals surface area contributed by atoms with E-state index in [1.807, 2.05) is 0 Å². The molecule has 3 rings (SSSR count). The Morgan fingerprint density at radius 1 is 1.10 bits per heavy atom. The van der Waals surface area contributed by atoms with Crippen molar-refractivity contribution in [3.63, 3.8) is 0 Å². The average Bonchev–Trinajstić information content (AvgIpc) is 2.75. The number of nitrogens with one attached hydrogen (secondary N) is 1. The molecule has 0 radical (unpaired) electrons. The van der Waals surface area contributed by atoms with Crippen molar-refractivity contribution >= 4 is 39.2 Å². The van der Waals surface area contributed by atoms with Crippen LogP contribution in [0.1, 0.15) is 20.7 Å². The van der Waals surface area contributed by atoms with Crippen LogP contribution in [0.4, 0.5) is 5.69 Å². The Kier molecular flexibility index (Phi) is 6.53. The van der Waals surface area contributed by atoms with Crippen molar-refractivity contribution in [3.05, 3.63) is 58.6 Å². The number of rotatable bonds is 5. The predicted octanol–water partition coefficient (Wildman–Crippen LogP) is 2.40. The number of morpholine rings is 1. The lowest BCUT2D eigenvalue weighted by molar-refractivity contribution is 0.0597. The molecule has 8 nitrogen and oxygen atoms in total. The van der Waals surface area contributed by atoms with Gasteiger partial charge < -0.3 is 14.8 Å². The van der Waals surface area contributed by atoms with E-state index in [4.69, 9.17) is 21.1 Å². The van der Waals surface area contributed by atoms with Gasteiger partial charge in [0, 0.05) is 13.1 Å². The lowest BCUT2D eigenvalue weighted by atomic mass is 10.1. The van der Waals surface area contributed by atoms with Gasteiger partial charge in [0.15, 0.2) is 0 Å². The number of hydrogen-bond acceptors (Lipinski definition) is 6. The highest BCUT2D eigenvalue weighted by Crippen LogP contribution is 2.28. The number of ether oxygens (including phenoxy) is 2. The lowest BCUT2D eigenvalue weighted by Gasteiger charge is -2.26. The molecule has 0 aliphatic carbocycles. The molecule has 10 heteroatoms. The van der Waals surface area contributed by atoms with Gasteiger partial charge in [-0.3, -0.25) is 4.79 Å². The summed E-state index contributed by atoms with van der Waals surface area (Å²) in [6.45, 7) is 1.14. The second-order valence-electron chi connectivity index (χ2n) is 6.15. The summed E-state index contributed by atoms with van der Waals surface area (Å²) in [4.78, 5) is 24.6. The van der Waals surface area contributed by atoms with Crippen molar-refractivity contribution in [1.29, 1.82) is 0 Å². The van der Waals surface area contributed by atoms with Gasteiger partial charge in [-0.05, 0) is 30.3 Å². The predicted molar refractivity (Wildman–Crippen MR) is 107 cm³/mol. The van der Waals surface area contributed by atoms with Crippen molar-refractivity contribution in [2.24, 2.45) is 0 Å². The zero-order valence-corrected chi connectivity index (χ0v) is 17.1. The second kappa shape index (κ2) is 8.91. The fourth-order valence-corrected chi connectivity index (χ4v) is 4.45. The van der Waals surface area contributed by atoms with Gasteiger partial charge in [0.1, 0.15) is 0 Å². The summed E-state index contributed by atoms with van der Waals surface area (Å²) in [6, 6.07) is 10.2. The minimum Gasteiger partial charge on any atom is -0.465 e. The number of halogens is 1. The number of methoxy groups -OCH3 is 1. The van der Waals surface area contributed by atoms with Crippen LogP contribution in [0.25, 0.3) is 0 Å². The van der Waals surface area contributed by atoms with Crippen LogP contribution in [0.3, 0.4) is 0 Å². The molecular weight excluding hydrogens is 420 g/mol. The molecule has 0 unspecified atom stereocenters. The van der Waals surface area contributed by atoms with E-state index in [-0.39, 0.29) is 39.8 Å². The zero-order chi connectivity index (χ0) is 21.0. The first-order valence-electron chi connectivity index (χ1n) is 8.70. The van der Waals surface area contributed by atoms with Gasteiger partial charge in [-0.25, -0.2) is 13.2 Å². The van der Waals surface area contributed by atoms with Crippen molar-refractivity contribution in [1.82, 2.24) is 4.31 Å². The van der Waals surface area contributed by atoms with E-state index in [2.05, 4.69) is 5.32 Å². The molecule has 2 aromatic rings. The van der Waals surface area contributed by atoms with E-state index in [0.29, 0.717) is 13.2 Å². The summed E-state index contributed by atoms with van der Waals surface area (Å²) in [5, 5.41) is 2.74. The third-order valence-electron chi connectivity index (χ3n) is 4.37. The van der Waals surface area contributed by atoms with Crippen LogP contribution in [-0.4, -0.2) is 58.0 Å². The first kappa shape index (κ1) is 21.3. The number of carbonyl (C=O) groups is 2. The van der Waals surface area contributed by atoms with Crippen LogP contribution in [0.15, 0.2) is 47.4 Å². The molecule has 1 heterocycles. The molecule has 1 aliphatic heterocycles. The third kappa shape index (κ3) is 4.59. The smallest absolute Gasteiger partial charge is 0.338 e. The van der Waals surface area contributed by atoms with Crippen LogP contribution in [0.5, 0.6) is 0 Å². The van der Waals surface area contributed by atoms with E-state index in [1.165, 1.54) is 41.7 Å². The number of esters is 1. The van der Waals surface area contributed by atoms with Crippen LogP contribution < -0.4 is 5.32 Å². The molecule has 0 saturated carbocycles. The fraction of sp³-hybridized carbons (Fsp3) is 0.263. The number of sulfonamides is 1. The Morgan fingerprint density at radius 2 is 1.76 bits per heavy atom. The Morgan fingerprint density at radius 3 is 2.41 bits per heavy atom. The summed E-state index contributed by atoms with van der Waals surface area (Å²) >= 11 is 6.16. The van der Waals surface area contributed by atoms with E-state index >= 15 is 0 Å². The van der Waals surface area contributed by atoms with Crippen molar-refractivity contribution in [2.45, 2.75) is 4.90 Å². The minimum absolute atomic E-state index is 0.000327. The molecule has 1 amide bonds. The zero-order valence-electron chi connectivity index (χ0n) is 15.6. The molecule has 2 aromatic carbocycles. The largest absolute Gasteiger partial charge is 0.465 e. The molecule has 1 aliphatic rings. The summed E-state index contributed by atoms with van der Waals surface area (Å²) in [5.41, 5.74) is 0.281. The molecule has 154 valence electrons. The highest BCUT2D eigenvalue weighted by molar-refractivity contribution is 7.89. The van der Waals surface area contributed by atoms with Crippen LogP contribution in [0.2, 0.25) is 5.02 Å². The Bertz CT molecular complexity index is 1030. The summed E-state index contributed by atoms with van der Waals surface area (Å²) < 4.78 is 36.9. The maximum absolute atomic E-state index is 12.8. The number of amides is 1. The monoisotopic (exact) mass is 438 g/mol. The molecule has 0 aromatic heterocycles. The molecule has 1 saturated heterocycles. The molecule has 0 bridgehead atoms. The van der Waals surface area contributed by atoms with Crippen molar-refractivity contribution in [2.75, 3.05) is 38.7 Å². The maximum atomic E-state index is 12.8.